The van der Waals surface area contributed by atoms with Gasteiger partial charge in [0.15, 0.2) is 0 Å². The topological polar surface area (TPSA) is 74.8 Å². The number of nitrogens with one attached hydrogen (secondary N) is 1. The van der Waals surface area contributed by atoms with Crippen molar-refractivity contribution >= 4 is 34.9 Å². The Bertz CT molecular complexity index is 851. The predicted octanol–water partition coefficient (Wildman–Crippen LogP) is 2.76. The number of benzene rings is 1. The van der Waals surface area contributed by atoms with Gasteiger partial charge in [-0.05, 0) is 57.1 Å². The first kappa shape index (κ1) is 23.9. The SMILES string of the molecule is C=CC(=O)NCC=O.CC(C)Oc1nccc2c(SN3CCN(C)CC3)cccc12. The smallest absolute Gasteiger partial charge is 0.243 e. The molecule has 1 fully saturated rings. The second kappa shape index (κ2) is 12.3. The Hall–Kier alpha value is -2.42. The van der Waals surface area contributed by atoms with Crippen LogP contribution in [0.1, 0.15) is 13.8 Å². The summed E-state index contributed by atoms with van der Waals surface area (Å²) in [5.74, 6) is 0.408. The average Bonchev–Trinajstić information content (AvgIpc) is 2.74. The van der Waals surface area contributed by atoms with Gasteiger partial charge in [-0.1, -0.05) is 12.6 Å². The Kier molecular flexibility index (Phi) is 9.79. The van der Waals surface area contributed by atoms with Crippen LogP contribution in [-0.4, -0.2) is 72.3 Å². The molecule has 0 spiro atoms. The minimum absolute atomic E-state index is 0.0604. The molecule has 3 rings (SSSR count). The van der Waals surface area contributed by atoms with Crippen molar-refractivity contribution in [3.8, 4) is 5.88 Å². The summed E-state index contributed by atoms with van der Waals surface area (Å²) in [6, 6.07) is 8.45. The number of nitrogens with zero attached hydrogens (tertiary/aromatic N) is 3. The second-order valence-electron chi connectivity index (χ2n) is 7.07. The van der Waals surface area contributed by atoms with Crippen molar-refractivity contribution in [2.24, 2.45) is 0 Å². The molecule has 30 heavy (non-hydrogen) atoms. The highest BCUT2D eigenvalue weighted by Gasteiger charge is 2.16. The molecule has 1 aromatic heterocycles. The summed E-state index contributed by atoms with van der Waals surface area (Å²) >= 11 is 1.85. The summed E-state index contributed by atoms with van der Waals surface area (Å²) < 4.78 is 8.29. The molecule has 0 bridgehead atoms. The largest absolute Gasteiger partial charge is 0.475 e. The predicted molar refractivity (Wildman–Crippen MR) is 122 cm³/mol. The van der Waals surface area contributed by atoms with Gasteiger partial charge in [0.25, 0.3) is 0 Å². The maximum absolute atomic E-state index is 10.2. The fourth-order valence-electron chi connectivity index (χ4n) is 2.78. The summed E-state index contributed by atoms with van der Waals surface area (Å²) in [5.41, 5.74) is 0. The Morgan fingerprint density at radius 1 is 1.27 bits per heavy atom. The van der Waals surface area contributed by atoms with Gasteiger partial charge in [0.1, 0.15) is 6.29 Å². The van der Waals surface area contributed by atoms with Gasteiger partial charge in [-0.2, -0.15) is 0 Å². The number of fused-ring (bicyclic) bond motifs is 1. The van der Waals surface area contributed by atoms with Crippen LogP contribution in [0.3, 0.4) is 0 Å². The van der Waals surface area contributed by atoms with Crippen LogP contribution in [0.15, 0.2) is 48.0 Å². The minimum Gasteiger partial charge on any atom is -0.475 e. The molecule has 8 heteroatoms. The van der Waals surface area contributed by atoms with Crippen molar-refractivity contribution in [1.82, 2.24) is 19.5 Å². The molecule has 2 aromatic rings. The van der Waals surface area contributed by atoms with E-state index in [2.05, 4.69) is 57.4 Å². The first-order valence-corrected chi connectivity index (χ1v) is 10.7. The third-order valence-corrected chi connectivity index (χ3v) is 5.49. The molecule has 0 saturated carbocycles. The fraction of sp³-hybridized carbons (Fsp3) is 0.409. The number of amides is 1. The molecule has 1 aromatic carbocycles. The van der Waals surface area contributed by atoms with Gasteiger partial charge in [0, 0.05) is 48.0 Å². The second-order valence-corrected chi connectivity index (χ2v) is 8.21. The lowest BCUT2D eigenvalue weighted by atomic mass is 10.2. The zero-order valence-corrected chi connectivity index (χ0v) is 18.7. The first-order chi connectivity index (χ1) is 14.4. The van der Waals surface area contributed by atoms with Gasteiger partial charge in [-0.3, -0.25) is 4.79 Å². The van der Waals surface area contributed by atoms with E-state index < -0.39 is 0 Å². The molecule has 7 nitrogen and oxygen atoms in total. The monoisotopic (exact) mass is 430 g/mol. The Labute approximate surface area is 182 Å². The summed E-state index contributed by atoms with van der Waals surface area (Å²) in [6.45, 7) is 11.8. The van der Waals surface area contributed by atoms with Crippen molar-refractivity contribution in [2.75, 3.05) is 39.8 Å². The van der Waals surface area contributed by atoms with Crippen LogP contribution in [0, 0.1) is 0 Å². The van der Waals surface area contributed by atoms with Gasteiger partial charge in [-0.15, -0.1) is 0 Å². The van der Waals surface area contributed by atoms with E-state index in [-0.39, 0.29) is 18.6 Å². The van der Waals surface area contributed by atoms with E-state index in [4.69, 9.17) is 4.74 Å². The van der Waals surface area contributed by atoms with Crippen LogP contribution < -0.4 is 10.1 Å². The molecule has 0 unspecified atom stereocenters. The highest BCUT2D eigenvalue weighted by Crippen LogP contribution is 2.34. The minimum atomic E-state index is -0.322. The number of ether oxygens (including phenoxy) is 1. The lowest BCUT2D eigenvalue weighted by molar-refractivity contribution is -0.118. The van der Waals surface area contributed by atoms with Crippen LogP contribution in [0.4, 0.5) is 0 Å². The van der Waals surface area contributed by atoms with E-state index in [0.717, 1.165) is 43.5 Å². The van der Waals surface area contributed by atoms with E-state index in [1.165, 1.54) is 10.3 Å². The number of hydrogen-bond acceptors (Lipinski definition) is 7. The van der Waals surface area contributed by atoms with Crippen LogP contribution in [0.25, 0.3) is 10.8 Å². The molecular formula is C22H30N4O3S. The molecule has 1 N–H and O–H groups in total. The van der Waals surface area contributed by atoms with E-state index in [1.54, 1.807) is 0 Å². The van der Waals surface area contributed by atoms with Gasteiger partial charge in [0.2, 0.25) is 11.8 Å². The van der Waals surface area contributed by atoms with Gasteiger partial charge >= 0.3 is 0 Å². The summed E-state index contributed by atoms with van der Waals surface area (Å²) in [6.07, 6.45) is 3.70. The molecule has 1 aliphatic rings. The normalized spacial score (nSPS) is 14.7. The number of aldehydes is 1. The lowest BCUT2D eigenvalue weighted by Crippen LogP contribution is -2.40. The molecule has 162 valence electrons. The molecular weight excluding hydrogens is 400 g/mol. The lowest BCUT2D eigenvalue weighted by Gasteiger charge is -2.31. The van der Waals surface area contributed by atoms with Crippen molar-refractivity contribution in [1.29, 1.82) is 0 Å². The summed E-state index contributed by atoms with van der Waals surface area (Å²) in [4.78, 5) is 27.8. The van der Waals surface area contributed by atoms with Crippen molar-refractivity contribution < 1.29 is 14.3 Å². The molecule has 2 heterocycles. The number of aromatic nitrogens is 1. The standard InChI is InChI=1S/C17H23N3OS.C5H7NO2/c1-13(2)21-17-15-5-4-6-16(14(15)7-8-18-17)22-20-11-9-19(3)10-12-20;1-2-5(8)6-3-4-7/h4-8,13H,9-12H2,1-3H3;2,4H,1,3H2,(H,6,8). The van der Waals surface area contributed by atoms with Crippen LogP contribution in [-0.2, 0) is 9.59 Å². The Morgan fingerprint density at radius 2 is 2.00 bits per heavy atom. The molecule has 1 amide bonds. The third-order valence-electron chi connectivity index (χ3n) is 4.31. The highest BCUT2D eigenvalue weighted by atomic mass is 32.2. The molecule has 1 aliphatic heterocycles. The van der Waals surface area contributed by atoms with Crippen LogP contribution in [0.5, 0.6) is 5.88 Å². The number of piperazine rings is 1. The quantitative estimate of drug-likeness (QED) is 0.411. The Morgan fingerprint density at radius 3 is 2.63 bits per heavy atom. The average molecular weight is 431 g/mol. The van der Waals surface area contributed by atoms with Gasteiger partial charge in [0.05, 0.1) is 12.6 Å². The molecule has 0 aliphatic carbocycles. The summed E-state index contributed by atoms with van der Waals surface area (Å²) in [5, 5.41) is 4.57. The number of rotatable bonds is 7. The van der Waals surface area contributed by atoms with Crippen molar-refractivity contribution in [3.63, 3.8) is 0 Å². The number of pyridine rings is 1. The maximum atomic E-state index is 10.2. The Balaban J connectivity index is 0.000000343. The number of likely N-dealkylation sites (N-methyl/N-ethyl adjacent to an activating group) is 1. The van der Waals surface area contributed by atoms with Crippen LogP contribution in [0.2, 0.25) is 0 Å². The van der Waals surface area contributed by atoms with Crippen molar-refractivity contribution in [2.45, 2.75) is 24.8 Å². The van der Waals surface area contributed by atoms with Crippen LogP contribution >= 0.6 is 11.9 Å². The molecule has 1 saturated heterocycles. The van der Waals surface area contributed by atoms with E-state index in [0.29, 0.717) is 6.29 Å². The fourth-order valence-corrected chi connectivity index (χ4v) is 3.82. The molecule has 0 radical (unpaired) electrons. The van der Waals surface area contributed by atoms with E-state index in [9.17, 15) is 9.59 Å². The highest BCUT2D eigenvalue weighted by molar-refractivity contribution is 7.97. The first-order valence-electron chi connectivity index (χ1n) is 9.94. The number of hydrogen-bond donors (Lipinski definition) is 1. The number of carbonyl (C=O) groups is 2. The summed E-state index contributed by atoms with van der Waals surface area (Å²) in [7, 11) is 2.18. The molecule has 0 atom stereocenters. The van der Waals surface area contributed by atoms with Gasteiger partial charge in [-0.25, -0.2) is 9.29 Å². The maximum Gasteiger partial charge on any atom is 0.243 e. The van der Waals surface area contributed by atoms with Gasteiger partial charge < -0.3 is 19.7 Å². The van der Waals surface area contributed by atoms with E-state index in [1.807, 2.05) is 32.0 Å². The van der Waals surface area contributed by atoms with E-state index >= 15 is 0 Å². The van der Waals surface area contributed by atoms with Crippen molar-refractivity contribution in [3.05, 3.63) is 43.1 Å². The zero-order chi connectivity index (χ0) is 21.9. The zero-order valence-electron chi connectivity index (χ0n) is 17.8. The number of carbonyl (C=O) groups excluding carboxylic acids is 2. The third kappa shape index (κ3) is 7.44.